The van der Waals surface area contributed by atoms with Gasteiger partial charge in [0, 0.05) is 18.2 Å². The van der Waals surface area contributed by atoms with Crippen LogP contribution in [0.2, 0.25) is 0 Å². The van der Waals surface area contributed by atoms with Crippen molar-refractivity contribution in [1.29, 1.82) is 0 Å². The lowest BCUT2D eigenvalue weighted by atomic mass is 10.0. The lowest BCUT2D eigenvalue weighted by Gasteiger charge is -2.38. The summed E-state index contributed by atoms with van der Waals surface area (Å²) < 4.78 is 0. The minimum Gasteiger partial charge on any atom is -0.342 e. The molecule has 3 atom stereocenters. The quantitative estimate of drug-likeness (QED) is 0.901. The van der Waals surface area contributed by atoms with Crippen LogP contribution in [0.25, 0.3) is 0 Å². The second-order valence-corrected chi connectivity index (χ2v) is 6.74. The zero-order chi connectivity index (χ0) is 15.4. The first-order valence-corrected chi connectivity index (χ1v) is 8.49. The normalized spacial score (nSPS) is 23.9. The lowest BCUT2D eigenvalue weighted by molar-refractivity contribution is -0.148. The molecule has 5 heteroatoms. The van der Waals surface area contributed by atoms with Gasteiger partial charge in [0.15, 0.2) is 0 Å². The van der Waals surface area contributed by atoms with Crippen molar-refractivity contribution in [3.63, 3.8) is 0 Å². The van der Waals surface area contributed by atoms with Gasteiger partial charge < -0.3 is 10.2 Å². The number of benzene rings is 1. The Hall–Kier alpha value is -1.49. The van der Waals surface area contributed by atoms with Crippen LogP contribution >= 0.6 is 11.8 Å². The van der Waals surface area contributed by atoms with Crippen molar-refractivity contribution < 1.29 is 9.59 Å². The van der Waals surface area contributed by atoms with E-state index in [-0.39, 0.29) is 17.9 Å². The molecule has 3 unspecified atom stereocenters. The highest BCUT2D eigenvalue weighted by molar-refractivity contribution is 7.99. The Morgan fingerprint density at radius 3 is 2.57 bits per heavy atom. The van der Waals surface area contributed by atoms with Crippen LogP contribution in [-0.2, 0) is 16.0 Å². The SMILES string of the molecule is CSC(C)CN1C(=O)C(Cc2ccccc2)NC(=O)C1C. The zero-order valence-corrected chi connectivity index (χ0v) is 13.5. The van der Waals surface area contributed by atoms with Gasteiger partial charge >= 0.3 is 0 Å². The summed E-state index contributed by atoms with van der Waals surface area (Å²) in [4.78, 5) is 26.5. The fourth-order valence-electron chi connectivity index (χ4n) is 2.47. The molecule has 1 heterocycles. The van der Waals surface area contributed by atoms with E-state index in [1.165, 1.54) is 0 Å². The van der Waals surface area contributed by atoms with Gasteiger partial charge in [0.2, 0.25) is 11.8 Å². The number of rotatable bonds is 5. The fourth-order valence-corrected chi connectivity index (χ4v) is 2.78. The van der Waals surface area contributed by atoms with Gasteiger partial charge in [-0.2, -0.15) is 11.8 Å². The van der Waals surface area contributed by atoms with E-state index >= 15 is 0 Å². The third kappa shape index (κ3) is 3.79. The van der Waals surface area contributed by atoms with Crippen molar-refractivity contribution >= 4 is 23.6 Å². The third-order valence-corrected chi connectivity index (χ3v) is 4.84. The maximum Gasteiger partial charge on any atom is 0.246 e. The van der Waals surface area contributed by atoms with Crippen LogP contribution in [0.5, 0.6) is 0 Å². The molecule has 1 aromatic carbocycles. The van der Waals surface area contributed by atoms with Crippen molar-refractivity contribution in [1.82, 2.24) is 10.2 Å². The maximum absolute atomic E-state index is 12.6. The van der Waals surface area contributed by atoms with E-state index in [4.69, 9.17) is 0 Å². The van der Waals surface area contributed by atoms with E-state index in [1.54, 1.807) is 23.6 Å². The van der Waals surface area contributed by atoms with Gasteiger partial charge in [0.1, 0.15) is 12.1 Å². The molecule has 0 saturated carbocycles. The maximum atomic E-state index is 12.6. The summed E-state index contributed by atoms with van der Waals surface area (Å²) in [5, 5.41) is 3.17. The Labute approximate surface area is 130 Å². The van der Waals surface area contributed by atoms with Crippen molar-refractivity contribution in [2.75, 3.05) is 12.8 Å². The second-order valence-electron chi connectivity index (χ2n) is 5.46. The predicted molar refractivity (Wildman–Crippen MR) is 86.2 cm³/mol. The molecule has 0 radical (unpaired) electrons. The van der Waals surface area contributed by atoms with Gasteiger partial charge in [0.25, 0.3) is 0 Å². The van der Waals surface area contributed by atoms with Gasteiger partial charge in [-0.15, -0.1) is 0 Å². The molecule has 1 saturated heterocycles. The average molecular weight is 306 g/mol. The Morgan fingerprint density at radius 2 is 1.95 bits per heavy atom. The number of carbonyl (C=O) groups is 2. The van der Waals surface area contributed by atoms with Crippen molar-refractivity contribution in [2.45, 2.75) is 37.6 Å². The van der Waals surface area contributed by atoms with Crippen LogP contribution in [0.15, 0.2) is 30.3 Å². The summed E-state index contributed by atoms with van der Waals surface area (Å²) in [6.07, 6.45) is 2.56. The summed E-state index contributed by atoms with van der Waals surface area (Å²) in [5.41, 5.74) is 1.06. The summed E-state index contributed by atoms with van der Waals surface area (Å²) in [7, 11) is 0. The Bertz CT molecular complexity index is 506. The molecule has 0 bridgehead atoms. The standard InChI is InChI=1S/C16H22N2O2S/c1-11(21-3)10-18-12(2)15(19)17-14(16(18)20)9-13-7-5-4-6-8-13/h4-8,11-12,14H,9-10H2,1-3H3,(H,17,19). The highest BCUT2D eigenvalue weighted by Gasteiger charge is 2.38. The minimum absolute atomic E-state index is 0.0202. The fraction of sp³-hybridized carbons (Fsp3) is 0.500. The smallest absolute Gasteiger partial charge is 0.246 e. The number of hydrogen-bond acceptors (Lipinski definition) is 3. The molecule has 1 aliphatic rings. The first kappa shape index (κ1) is 15.9. The van der Waals surface area contributed by atoms with Crippen LogP contribution < -0.4 is 5.32 Å². The highest BCUT2D eigenvalue weighted by atomic mass is 32.2. The minimum atomic E-state index is -0.454. The Kier molecular flexibility index (Phi) is 5.28. The first-order chi connectivity index (χ1) is 10.0. The number of thioether (sulfide) groups is 1. The molecule has 1 N–H and O–H groups in total. The third-order valence-electron chi connectivity index (χ3n) is 3.88. The molecule has 21 heavy (non-hydrogen) atoms. The van der Waals surface area contributed by atoms with E-state index in [0.29, 0.717) is 18.2 Å². The van der Waals surface area contributed by atoms with Crippen LogP contribution in [0.1, 0.15) is 19.4 Å². The number of piperazine rings is 1. The van der Waals surface area contributed by atoms with Crippen LogP contribution in [-0.4, -0.2) is 46.8 Å². The van der Waals surface area contributed by atoms with Crippen molar-refractivity contribution in [3.05, 3.63) is 35.9 Å². The molecular formula is C16H22N2O2S. The molecular weight excluding hydrogens is 284 g/mol. The summed E-state index contributed by atoms with van der Waals surface area (Å²) in [6, 6.07) is 8.95. The van der Waals surface area contributed by atoms with E-state index in [1.807, 2.05) is 36.6 Å². The van der Waals surface area contributed by atoms with Crippen molar-refractivity contribution in [2.24, 2.45) is 0 Å². The molecule has 1 aromatic rings. The summed E-state index contributed by atoms with van der Waals surface area (Å²) >= 11 is 1.70. The topological polar surface area (TPSA) is 49.4 Å². The molecule has 1 fully saturated rings. The number of hydrogen-bond donors (Lipinski definition) is 1. The van der Waals surface area contributed by atoms with Gasteiger partial charge in [-0.25, -0.2) is 0 Å². The second kappa shape index (κ2) is 6.98. The van der Waals surface area contributed by atoms with Crippen LogP contribution in [0, 0.1) is 0 Å². The summed E-state index contributed by atoms with van der Waals surface area (Å²) in [5.74, 6) is -0.0457. The number of nitrogens with one attached hydrogen (secondary N) is 1. The Morgan fingerprint density at radius 1 is 1.29 bits per heavy atom. The van der Waals surface area contributed by atoms with E-state index < -0.39 is 6.04 Å². The average Bonchev–Trinajstić information content (AvgIpc) is 2.50. The lowest BCUT2D eigenvalue weighted by Crippen LogP contribution is -2.63. The van der Waals surface area contributed by atoms with Gasteiger partial charge in [0.05, 0.1) is 0 Å². The predicted octanol–water partition coefficient (Wildman–Crippen LogP) is 1.70. The van der Waals surface area contributed by atoms with E-state index in [0.717, 1.165) is 5.56 Å². The highest BCUT2D eigenvalue weighted by Crippen LogP contribution is 2.17. The molecule has 0 aliphatic carbocycles. The largest absolute Gasteiger partial charge is 0.342 e. The first-order valence-electron chi connectivity index (χ1n) is 7.20. The molecule has 4 nitrogen and oxygen atoms in total. The molecule has 0 aromatic heterocycles. The number of amides is 2. The van der Waals surface area contributed by atoms with Crippen LogP contribution in [0.3, 0.4) is 0 Å². The molecule has 2 amide bonds. The Balaban J connectivity index is 2.12. The van der Waals surface area contributed by atoms with E-state index in [2.05, 4.69) is 12.2 Å². The van der Waals surface area contributed by atoms with Crippen molar-refractivity contribution in [3.8, 4) is 0 Å². The number of nitrogens with zero attached hydrogens (tertiary/aromatic N) is 1. The van der Waals surface area contributed by atoms with Gasteiger partial charge in [-0.05, 0) is 18.7 Å². The van der Waals surface area contributed by atoms with E-state index in [9.17, 15) is 9.59 Å². The summed E-state index contributed by atoms with van der Waals surface area (Å²) in [6.45, 7) is 4.47. The van der Waals surface area contributed by atoms with Crippen LogP contribution in [0.4, 0.5) is 0 Å². The molecule has 1 aliphatic heterocycles. The molecule has 2 rings (SSSR count). The van der Waals surface area contributed by atoms with Gasteiger partial charge in [-0.3, -0.25) is 9.59 Å². The molecule has 114 valence electrons. The zero-order valence-electron chi connectivity index (χ0n) is 12.7. The monoisotopic (exact) mass is 306 g/mol. The molecule has 0 spiro atoms. The number of carbonyl (C=O) groups excluding carboxylic acids is 2. The van der Waals surface area contributed by atoms with Gasteiger partial charge in [-0.1, -0.05) is 37.3 Å².